The molecule has 0 unspecified atom stereocenters. The molecule has 0 aromatic rings. The Bertz CT molecular complexity index is 276. The predicted octanol–water partition coefficient (Wildman–Crippen LogP) is -2.84. The summed E-state index contributed by atoms with van der Waals surface area (Å²) in [6, 6.07) is 1.84. The summed E-state index contributed by atoms with van der Waals surface area (Å²) in [7, 11) is 0. The Balaban J connectivity index is 0.00000144. The van der Waals surface area contributed by atoms with Crippen molar-refractivity contribution in [2.24, 2.45) is 5.41 Å². The van der Waals surface area contributed by atoms with Crippen LogP contribution in [0.5, 0.6) is 0 Å². The van der Waals surface area contributed by atoms with Crippen molar-refractivity contribution >= 4 is 5.97 Å². The van der Waals surface area contributed by atoms with Crippen molar-refractivity contribution in [2.75, 3.05) is 0 Å². The van der Waals surface area contributed by atoms with E-state index in [1.807, 2.05) is 6.07 Å². The molecule has 0 N–H and O–H groups in total. The molecule has 0 aromatic heterocycles. The van der Waals surface area contributed by atoms with Gasteiger partial charge in [0.05, 0.1) is 23.9 Å². The van der Waals surface area contributed by atoms with Crippen LogP contribution >= 0.6 is 0 Å². The quantitative estimate of drug-likeness (QED) is 0.330. The van der Waals surface area contributed by atoms with Gasteiger partial charge >= 0.3 is 18.9 Å². The molecule has 0 saturated heterocycles. The van der Waals surface area contributed by atoms with E-state index in [-0.39, 0.29) is 25.3 Å². The zero-order valence-electron chi connectivity index (χ0n) is 7.49. The number of aliphatic carboxylic acids is 1. The van der Waals surface area contributed by atoms with Crippen LogP contribution in [0.4, 0.5) is 0 Å². The maximum absolute atomic E-state index is 10.7. The molecule has 0 fully saturated rings. The van der Waals surface area contributed by atoms with Crippen LogP contribution in [0.2, 0.25) is 0 Å². The van der Waals surface area contributed by atoms with E-state index >= 15 is 0 Å². The van der Waals surface area contributed by atoms with Gasteiger partial charge in [-0.1, -0.05) is 24.3 Å². The number of carbonyl (C=O) groups excluding carboxylic acids is 1. The molecule has 62 valence electrons. The molecule has 0 amide bonds. The molecule has 1 aliphatic rings. The van der Waals surface area contributed by atoms with Crippen LogP contribution in [0.15, 0.2) is 24.3 Å². The molecule has 1 rings (SSSR count). The van der Waals surface area contributed by atoms with Gasteiger partial charge in [0.25, 0.3) is 0 Å². The monoisotopic (exact) mass is 169 g/mol. The van der Waals surface area contributed by atoms with Gasteiger partial charge in [0.2, 0.25) is 0 Å². The Hall–Kier alpha value is -0.963. The van der Waals surface area contributed by atoms with Gasteiger partial charge in [-0.05, 0) is 6.42 Å². The van der Waals surface area contributed by atoms with E-state index in [9.17, 15) is 9.90 Å². The third-order valence-corrected chi connectivity index (χ3v) is 1.85. The van der Waals surface area contributed by atoms with Gasteiger partial charge in [-0.15, -0.1) is 0 Å². The molecule has 0 aliphatic heterocycles. The molecular formula is C9H8LiNO2. The maximum Gasteiger partial charge on any atom is 1.00 e. The van der Waals surface area contributed by atoms with Crippen molar-refractivity contribution in [3.8, 4) is 6.07 Å². The summed E-state index contributed by atoms with van der Waals surface area (Å²) in [5.41, 5.74) is -1.19. The molecule has 0 radical (unpaired) electrons. The molecule has 0 bridgehead atoms. The third-order valence-electron chi connectivity index (χ3n) is 1.85. The van der Waals surface area contributed by atoms with E-state index in [0.717, 1.165) is 6.42 Å². The van der Waals surface area contributed by atoms with Gasteiger partial charge in [-0.3, -0.25) is 0 Å². The molecule has 0 saturated carbocycles. The first kappa shape index (κ1) is 12.0. The van der Waals surface area contributed by atoms with Gasteiger partial charge < -0.3 is 9.90 Å². The standard InChI is InChI=1S/C9H9NO2.Li/c10-7-6-9(8(11)12)4-2-1-3-5-9;/h2-5H,1,6H2,(H,11,12);/q;+1/p-1. The van der Waals surface area contributed by atoms with E-state index < -0.39 is 11.4 Å². The molecule has 4 heteroatoms. The van der Waals surface area contributed by atoms with Crippen LogP contribution in [-0.2, 0) is 4.79 Å². The topological polar surface area (TPSA) is 63.9 Å². The van der Waals surface area contributed by atoms with E-state index in [1.54, 1.807) is 12.2 Å². The largest absolute Gasteiger partial charge is 1.00 e. The van der Waals surface area contributed by atoms with Crippen molar-refractivity contribution in [1.82, 2.24) is 0 Å². The fraction of sp³-hybridized carbons (Fsp3) is 0.333. The molecule has 0 aromatic carbocycles. The number of allylic oxidation sites excluding steroid dienone is 2. The first-order chi connectivity index (χ1) is 5.71. The Labute approximate surface area is 88.9 Å². The van der Waals surface area contributed by atoms with Crippen molar-refractivity contribution in [2.45, 2.75) is 12.8 Å². The minimum Gasteiger partial charge on any atom is -0.549 e. The number of carbonyl (C=O) groups is 1. The smallest absolute Gasteiger partial charge is 0.549 e. The minimum absolute atomic E-state index is 0. The molecule has 1 aliphatic carbocycles. The van der Waals surface area contributed by atoms with Crippen molar-refractivity contribution in [1.29, 1.82) is 5.26 Å². The summed E-state index contributed by atoms with van der Waals surface area (Å²) in [5, 5.41) is 19.1. The summed E-state index contributed by atoms with van der Waals surface area (Å²) in [6.45, 7) is 0. The summed E-state index contributed by atoms with van der Waals surface area (Å²) in [5.74, 6) is -1.21. The van der Waals surface area contributed by atoms with E-state index in [2.05, 4.69) is 0 Å². The van der Waals surface area contributed by atoms with Gasteiger partial charge in [-0.25, -0.2) is 0 Å². The summed E-state index contributed by atoms with van der Waals surface area (Å²) in [6.07, 6.45) is 7.15. The van der Waals surface area contributed by atoms with E-state index in [1.165, 1.54) is 12.2 Å². The van der Waals surface area contributed by atoms with E-state index in [4.69, 9.17) is 5.26 Å². The Kier molecular flexibility index (Phi) is 4.55. The van der Waals surface area contributed by atoms with Crippen LogP contribution in [0.3, 0.4) is 0 Å². The molecule has 13 heavy (non-hydrogen) atoms. The summed E-state index contributed by atoms with van der Waals surface area (Å²) >= 11 is 0. The first-order valence-corrected chi connectivity index (χ1v) is 3.65. The van der Waals surface area contributed by atoms with Crippen LogP contribution in [0.25, 0.3) is 0 Å². The average Bonchev–Trinajstić information content (AvgIpc) is 2.06. The summed E-state index contributed by atoms with van der Waals surface area (Å²) < 4.78 is 0. The van der Waals surface area contributed by atoms with Crippen LogP contribution in [0, 0.1) is 16.7 Å². The number of nitrogens with zero attached hydrogens (tertiary/aromatic N) is 1. The second kappa shape index (κ2) is 4.92. The molecule has 0 heterocycles. The number of carboxylic acids is 1. The Morgan fingerprint density at radius 1 is 1.54 bits per heavy atom. The van der Waals surface area contributed by atoms with Crippen LogP contribution < -0.4 is 24.0 Å². The van der Waals surface area contributed by atoms with Crippen LogP contribution in [-0.4, -0.2) is 5.97 Å². The molecule has 0 atom stereocenters. The van der Waals surface area contributed by atoms with Crippen molar-refractivity contribution in [3.63, 3.8) is 0 Å². The zero-order valence-corrected chi connectivity index (χ0v) is 7.49. The van der Waals surface area contributed by atoms with Gasteiger partial charge in [-0.2, -0.15) is 5.26 Å². The molecule has 3 nitrogen and oxygen atoms in total. The van der Waals surface area contributed by atoms with Gasteiger partial charge in [0.1, 0.15) is 0 Å². The van der Waals surface area contributed by atoms with Gasteiger partial charge in [0, 0.05) is 0 Å². The fourth-order valence-electron chi connectivity index (χ4n) is 1.15. The fourth-order valence-corrected chi connectivity index (χ4v) is 1.15. The number of hydrogen-bond donors (Lipinski definition) is 0. The van der Waals surface area contributed by atoms with Crippen molar-refractivity contribution < 1.29 is 28.8 Å². The first-order valence-electron chi connectivity index (χ1n) is 3.65. The maximum atomic E-state index is 10.7. The summed E-state index contributed by atoms with van der Waals surface area (Å²) in [4.78, 5) is 10.7. The SMILES string of the molecule is N#CCC1(C(=O)[O-])C=CCC=C1.[Li+]. The number of carboxylic acid groups (broad SMARTS) is 1. The normalized spacial score (nSPS) is 17.2. The van der Waals surface area contributed by atoms with E-state index in [0.29, 0.717) is 0 Å². The molecular weight excluding hydrogens is 161 g/mol. The molecule has 0 spiro atoms. The number of hydrogen-bond acceptors (Lipinski definition) is 3. The predicted molar refractivity (Wildman–Crippen MR) is 40.6 cm³/mol. The van der Waals surface area contributed by atoms with Gasteiger partial charge in [0.15, 0.2) is 0 Å². The minimum atomic E-state index is -1.21. The second-order valence-electron chi connectivity index (χ2n) is 2.70. The number of nitriles is 1. The Morgan fingerprint density at radius 2 is 2.08 bits per heavy atom. The average molecular weight is 169 g/mol. The number of rotatable bonds is 2. The van der Waals surface area contributed by atoms with Crippen LogP contribution in [0.1, 0.15) is 12.8 Å². The second-order valence-corrected chi connectivity index (χ2v) is 2.70. The van der Waals surface area contributed by atoms with Crippen molar-refractivity contribution in [3.05, 3.63) is 24.3 Å². The third kappa shape index (κ3) is 2.49. The zero-order chi connectivity index (χ0) is 9.03. The Morgan fingerprint density at radius 3 is 2.46 bits per heavy atom.